The van der Waals surface area contributed by atoms with Crippen molar-refractivity contribution in [1.82, 2.24) is 10.2 Å². The number of benzene rings is 1. The molecule has 3 rings (SSSR count). The van der Waals surface area contributed by atoms with E-state index in [1.54, 1.807) is 0 Å². The van der Waals surface area contributed by atoms with E-state index in [1.165, 1.54) is 6.20 Å². The molecular weight excluding hydrogens is 316 g/mol. The van der Waals surface area contributed by atoms with Crippen molar-refractivity contribution < 1.29 is 4.79 Å². The lowest BCUT2D eigenvalue weighted by Gasteiger charge is -2.33. The number of hydrogen-bond acceptors (Lipinski definition) is 4. The fraction of sp³-hybridized carbons (Fsp3) is 0.312. The Morgan fingerprint density at radius 3 is 2.91 bits per heavy atom. The summed E-state index contributed by atoms with van der Waals surface area (Å²) in [5, 5.41) is 9.14. The Morgan fingerprint density at radius 2 is 2.13 bits per heavy atom. The second-order valence-electron chi connectivity index (χ2n) is 5.54. The highest BCUT2D eigenvalue weighted by atomic mass is 35.5. The number of anilines is 2. The van der Waals surface area contributed by atoms with E-state index in [-0.39, 0.29) is 16.8 Å². The maximum Gasteiger partial charge on any atom is 0.285 e. The highest BCUT2D eigenvalue weighted by molar-refractivity contribution is 6.33. The Balaban J connectivity index is 1.72. The van der Waals surface area contributed by atoms with Crippen LogP contribution in [-0.4, -0.2) is 29.2 Å². The van der Waals surface area contributed by atoms with Crippen molar-refractivity contribution in [3.63, 3.8) is 0 Å². The van der Waals surface area contributed by atoms with Crippen LogP contribution in [0.5, 0.6) is 0 Å². The summed E-state index contributed by atoms with van der Waals surface area (Å²) in [6, 6.07) is 9.38. The van der Waals surface area contributed by atoms with Crippen LogP contribution in [0.3, 0.4) is 0 Å². The van der Waals surface area contributed by atoms with E-state index in [1.807, 2.05) is 35.2 Å². The SMILES string of the molecule is O=C(Nc1ccccc1)[C@@H]1CCCN(c2cn[nH]c(=O)c2Cl)C1. The molecule has 1 amide bonds. The largest absolute Gasteiger partial charge is 0.368 e. The summed E-state index contributed by atoms with van der Waals surface area (Å²) in [6.07, 6.45) is 3.20. The van der Waals surface area contributed by atoms with Gasteiger partial charge in [-0.1, -0.05) is 29.8 Å². The molecule has 0 bridgehead atoms. The molecule has 1 saturated heterocycles. The number of carbonyl (C=O) groups excluding carboxylic acids is 1. The molecule has 0 spiro atoms. The van der Waals surface area contributed by atoms with E-state index in [9.17, 15) is 9.59 Å². The lowest BCUT2D eigenvalue weighted by molar-refractivity contribution is -0.120. The van der Waals surface area contributed by atoms with Crippen molar-refractivity contribution in [2.75, 3.05) is 23.3 Å². The van der Waals surface area contributed by atoms with Crippen molar-refractivity contribution in [3.8, 4) is 0 Å². The molecule has 0 unspecified atom stereocenters. The molecule has 0 saturated carbocycles. The lowest BCUT2D eigenvalue weighted by atomic mass is 9.96. The summed E-state index contributed by atoms with van der Waals surface area (Å²) in [7, 11) is 0. The van der Waals surface area contributed by atoms with Crippen molar-refractivity contribution in [2.45, 2.75) is 12.8 Å². The number of amides is 1. The number of nitrogens with zero attached hydrogens (tertiary/aromatic N) is 2. The van der Waals surface area contributed by atoms with Crippen LogP contribution in [0.4, 0.5) is 11.4 Å². The number of carbonyl (C=O) groups is 1. The summed E-state index contributed by atoms with van der Waals surface area (Å²) in [4.78, 5) is 26.0. The Bertz CT molecular complexity index is 747. The molecule has 0 aliphatic carbocycles. The van der Waals surface area contributed by atoms with E-state index in [0.29, 0.717) is 12.2 Å². The van der Waals surface area contributed by atoms with Gasteiger partial charge in [0.05, 0.1) is 17.8 Å². The second-order valence-corrected chi connectivity index (χ2v) is 5.92. The van der Waals surface area contributed by atoms with Gasteiger partial charge in [0, 0.05) is 18.8 Å². The minimum atomic E-state index is -0.417. The molecule has 2 N–H and O–H groups in total. The smallest absolute Gasteiger partial charge is 0.285 e. The van der Waals surface area contributed by atoms with Gasteiger partial charge in [-0.25, -0.2) is 5.10 Å². The molecule has 1 aromatic carbocycles. The number of aromatic nitrogens is 2. The Labute approximate surface area is 138 Å². The first-order valence-corrected chi connectivity index (χ1v) is 7.87. The predicted octanol–water partition coefficient (Wildman–Crippen LogP) is 2.28. The maximum atomic E-state index is 12.4. The van der Waals surface area contributed by atoms with E-state index in [0.717, 1.165) is 25.1 Å². The fourth-order valence-electron chi connectivity index (χ4n) is 2.77. The molecule has 1 fully saturated rings. The van der Waals surface area contributed by atoms with Crippen molar-refractivity contribution in [2.24, 2.45) is 5.92 Å². The summed E-state index contributed by atoms with van der Waals surface area (Å²) in [5.41, 5.74) is 0.943. The van der Waals surface area contributed by atoms with Crippen LogP contribution in [-0.2, 0) is 4.79 Å². The lowest BCUT2D eigenvalue weighted by Crippen LogP contribution is -2.41. The molecule has 0 radical (unpaired) electrons. The quantitative estimate of drug-likeness (QED) is 0.904. The van der Waals surface area contributed by atoms with Crippen LogP contribution >= 0.6 is 11.6 Å². The molecule has 6 nitrogen and oxygen atoms in total. The van der Waals surface area contributed by atoms with Gasteiger partial charge in [-0.05, 0) is 25.0 Å². The topological polar surface area (TPSA) is 78.1 Å². The van der Waals surface area contributed by atoms with Crippen LogP contribution in [0, 0.1) is 5.92 Å². The van der Waals surface area contributed by atoms with Gasteiger partial charge >= 0.3 is 0 Å². The number of piperidine rings is 1. The van der Waals surface area contributed by atoms with Gasteiger partial charge in [-0.3, -0.25) is 9.59 Å². The number of halogens is 1. The van der Waals surface area contributed by atoms with Gasteiger partial charge in [-0.15, -0.1) is 0 Å². The molecule has 1 aromatic heterocycles. The van der Waals surface area contributed by atoms with E-state index < -0.39 is 5.56 Å². The van der Waals surface area contributed by atoms with Crippen LogP contribution in [0.2, 0.25) is 5.02 Å². The molecule has 120 valence electrons. The molecule has 7 heteroatoms. The molecule has 2 aromatic rings. The van der Waals surface area contributed by atoms with Gasteiger partial charge in [0.1, 0.15) is 5.02 Å². The molecule has 1 atom stereocenters. The number of H-pyrrole nitrogens is 1. The zero-order valence-corrected chi connectivity index (χ0v) is 13.2. The van der Waals surface area contributed by atoms with Crippen LogP contribution in [0.15, 0.2) is 41.3 Å². The summed E-state index contributed by atoms with van der Waals surface area (Å²) >= 11 is 6.06. The van der Waals surface area contributed by atoms with Crippen molar-refractivity contribution in [1.29, 1.82) is 0 Å². The van der Waals surface area contributed by atoms with Gasteiger partial charge in [-0.2, -0.15) is 5.10 Å². The maximum absolute atomic E-state index is 12.4. The molecule has 2 heterocycles. The summed E-state index contributed by atoms with van der Waals surface area (Å²) in [5.74, 6) is -0.172. The number of rotatable bonds is 3. The Morgan fingerprint density at radius 1 is 1.35 bits per heavy atom. The standard InChI is InChI=1S/C16H17ClN4O2/c17-14-13(9-18-20-16(14)23)21-8-4-5-11(10-21)15(22)19-12-6-2-1-3-7-12/h1-3,6-7,9,11H,4-5,8,10H2,(H,19,22)(H,20,23)/t11-/m1/s1. The van der Waals surface area contributed by atoms with Crippen LogP contribution < -0.4 is 15.8 Å². The zero-order valence-electron chi connectivity index (χ0n) is 12.5. The number of nitrogens with one attached hydrogen (secondary N) is 2. The van der Waals surface area contributed by atoms with Gasteiger partial charge in [0.15, 0.2) is 0 Å². The van der Waals surface area contributed by atoms with Gasteiger partial charge < -0.3 is 10.2 Å². The monoisotopic (exact) mass is 332 g/mol. The third-order valence-electron chi connectivity index (χ3n) is 3.95. The Kier molecular flexibility index (Phi) is 4.62. The highest BCUT2D eigenvalue weighted by Gasteiger charge is 2.27. The first kappa shape index (κ1) is 15.6. The minimum absolute atomic E-state index is 0.0187. The molecule has 1 aliphatic rings. The van der Waals surface area contributed by atoms with Crippen molar-refractivity contribution in [3.05, 3.63) is 51.9 Å². The number of hydrogen-bond donors (Lipinski definition) is 2. The van der Waals surface area contributed by atoms with Crippen molar-refractivity contribution >= 4 is 28.9 Å². The fourth-order valence-corrected chi connectivity index (χ4v) is 2.98. The first-order chi connectivity index (χ1) is 11.1. The molecule has 23 heavy (non-hydrogen) atoms. The predicted molar refractivity (Wildman–Crippen MR) is 89.9 cm³/mol. The average Bonchev–Trinajstić information content (AvgIpc) is 2.58. The summed E-state index contributed by atoms with van der Waals surface area (Å²) < 4.78 is 0. The third kappa shape index (κ3) is 3.53. The number of aromatic amines is 1. The van der Waals surface area contributed by atoms with Crippen LogP contribution in [0.1, 0.15) is 12.8 Å². The normalized spacial score (nSPS) is 17.8. The first-order valence-electron chi connectivity index (χ1n) is 7.49. The van der Waals surface area contributed by atoms with E-state index in [4.69, 9.17) is 11.6 Å². The Hall–Kier alpha value is -2.34. The van der Waals surface area contributed by atoms with E-state index >= 15 is 0 Å². The third-order valence-corrected chi connectivity index (χ3v) is 4.32. The van der Waals surface area contributed by atoms with Gasteiger partial charge in [0.2, 0.25) is 5.91 Å². The zero-order chi connectivity index (χ0) is 16.2. The average molecular weight is 333 g/mol. The van der Waals surface area contributed by atoms with E-state index in [2.05, 4.69) is 15.5 Å². The molecular formula is C16H17ClN4O2. The highest BCUT2D eigenvalue weighted by Crippen LogP contribution is 2.27. The van der Waals surface area contributed by atoms with Gasteiger partial charge in [0.25, 0.3) is 5.56 Å². The summed E-state index contributed by atoms with van der Waals surface area (Å²) in [6.45, 7) is 1.27. The number of para-hydroxylation sites is 1. The molecule has 1 aliphatic heterocycles. The van der Waals surface area contributed by atoms with Crippen LogP contribution in [0.25, 0.3) is 0 Å². The second kappa shape index (κ2) is 6.83. The minimum Gasteiger partial charge on any atom is -0.368 e.